The third kappa shape index (κ3) is 4.45. The molecule has 3 aromatic heterocycles. The number of aromatic nitrogens is 4. The molecule has 1 saturated carbocycles. The van der Waals surface area contributed by atoms with Crippen LogP contribution in [0.1, 0.15) is 44.2 Å². The molecule has 3 heterocycles. The topological polar surface area (TPSA) is 95.4 Å². The molecule has 1 fully saturated rings. The fourth-order valence-electron chi connectivity index (χ4n) is 4.99. The molecule has 36 heavy (non-hydrogen) atoms. The van der Waals surface area contributed by atoms with Gasteiger partial charge in [0.15, 0.2) is 11.8 Å². The lowest BCUT2D eigenvalue weighted by molar-refractivity contribution is -0.151. The Labute approximate surface area is 210 Å². The van der Waals surface area contributed by atoms with Gasteiger partial charge in [0.25, 0.3) is 0 Å². The Morgan fingerprint density at radius 3 is 2.56 bits per heavy atom. The van der Waals surface area contributed by atoms with E-state index in [-0.39, 0.29) is 18.4 Å². The molecule has 9 heteroatoms. The van der Waals surface area contributed by atoms with Gasteiger partial charge in [-0.15, -0.1) is 0 Å². The highest BCUT2D eigenvalue weighted by molar-refractivity contribution is 6.36. The number of pyridine rings is 1. The van der Waals surface area contributed by atoms with E-state index in [1.54, 1.807) is 23.8 Å². The van der Waals surface area contributed by atoms with Crippen molar-refractivity contribution in [1.82, 2.24) is 19.6 Å². The van der Waals surface area contributed by atoms with Gasteiger partial charge < -0.3 is 10.5 Å². The van der Waals surface area contributed by atoms with Crippen LogP contribution in [0.25, 0.3) is 28.0 Å². The van der Waals surface area contributed by atoms with E-state index < -0.39 is 12.1 Å². The Hall–Kier alpha value is -3.75. The number of esters is 1. The summed E-state index contributed by atoms with van der Waals surface area (Å²) in [6.07, 6.45) is 4.33. The van der Waals surface area contributed by atoms with Crippen LogP contribution in [0.2, 0.25) is 0 Å². The van der Waals surface area contributed by atoms with Crippen molar-refractivity contribution in [2.24, 2.45) is 5.92 Å². The van der Waals surface area contributed by atoms with E-state index in [9.17, 15) is 9.18 Å². The first-order valence-electron chi connectivity index (χ1n) is 12.2. The van der Waals surface area contributed by atoms with Gasteiger partial charge in [-0.2, -0.15) is 9.61 Å². The normalized spacial score (nSPS) is 18.7. The summed E-state index contributed by atoms with van der Waals surface area (Å²) in [4.78, 5) is 21.3. The van der Waals surface area contributed by atoms with Crippen molar-refractivity contribution in [3.8, 4) is 22.4 Å². The van der Waals surface area contributed by atoms with Crippen LogP contribution in [0.4, 0.5) is 10.2 Å². The third-order valence-electron chi connectivity index (χ3n) is 6.98. The molecule has 1 aliphatic carbocycles. The molecular formula is C27H27BFN5O2. The van der Waals surface area contributed by atoms with E-state index in [0.29, 0.717) is 48.3 Å². The molecule has 2 radical (unpaired) electrons. The molecule has 7 nitrogen and oxygen atoms in total. The van der Waals surface area contributed by atoms with E-state index in [4.69, 9.17) is 23.3 Å². The smallest absolute Gasteiger partial charge is 0.341 e. The van der Waals surface area contributed by atoms with Crippen molar-refractivity contribution in [2.75, 3.05) is 12.3 Å². The van der Waals surface area contributed by atoms with Crippen LogP contribution in [0.15, 0.2) is 54.9 Å². The van der Waals surface area contributed by atoms with Crippen molar-refractivity contribution in [3.63, 3.8) is 0 Å². The number of hydrogen-bond acceptors (Lipinski definition) is 6. The summed E-state index contributed by atoms with van der Waals surface area (Å²) in [6.45, 7) is 1.85. The number of nitrogens with zero attached hydrogens (tertiary/aromatic N) is 4. The van der Waals surface area contributed by atoms with Crippen LogP contribution in [-0.2, 0) is 9.53 Å². The highest BCUT2D eigenvalue weighted by atomic mass is 19.1. The van der Waals surface area contributed by atoms with E-state index in [1.165, 1.54) is 0 Å². The molecule has 0 saturated heterocycles. The number of anilines is 1. The first-order valence-corrected chi connectivity index (χ1v) is 12.2. The Balaban J connectivity index is 1.41. The molecule has 0 amide bonds. The van der Waals surface area contributed by atoms with Gasteiger partial charge >= 0.3 is 5.97 Å². The minimum absolute atomic E-state index is 0.0178. The molecule has 2 N–H and O–H groups in total. The molecular weight excluding hydrogens is 456 g/mol. The molecule has 0 spiro atoms. The van der Waals surface area contributed by atoms with E-state index in [2.05, 4.69) is 10.1 Å². The van der Waals surface area contributed by atoms with Gasteiger partial charge in [-0.25, -0.2) is 14.2 Å². The lowest BCUT2D eigenvalue weighted by atomic mass is 9.75. The second-order valence-corrected chi connectivity index (χ2v) is 9.15. The largest absolute Gasteiger partial charge is 0.464 e. The van der Waals surface area contributed by atoms with Crippen molar-refractivity contribution in [3.05, 3.63) is 60.6 Å². The molecule has 1 atom stereocenters. The third-order valence-corrected chi connectivity index (χ3v) is 6.98. The number of benzene rings is 1. The van der Waals surface area contributed by atoms with E-state index >= 15 is 0 Å². The maximum absolute atomic E-state index is 14.5. The first kappa shape index (κ1) is 24.0. The van der Waals surface area contributed by atoms with Crippen LogP contribution >= 0.6 is 0 Å². The summed E-state index contributed by atoms with van der Waals surface area (Å²) in [7, 11) is 6.39. The zero-order valence-corrected chi connectivity index (χ0v) is 20.1. The average molecular weight is 483 g/mol. The number of fused-ring (bicyclic) bond motifs is 1. The minimum Gasteiger partial charge on any atom is -0.464 e. The van der Waals surface area contributed by atoms with Crippen LogP contribution < -0.4 is 11.2 Å². The number of carbonyl (C=O) groups is 1. The second kappa shape index (κ2) is 10.1. The number of hydrogen-bond donors (Lipinski definition) is 1. The lowest BCUT2D eigenvalue weighted by Crippen LogP contribution is -2.32. The molecule has 0 bridgehead atoms. The first-order chi connectivity index (χ1) is 17.5. The van der Waals surface area contributed by atoms with Crippen molar-refractivity contribution >= 4 is 30.7 Å². The van der Waals surface area contributed by atoms with Gasteiger partial charge in [0.1, 0.15) is 13.7 Å². The number of halogens is 1. The number of rotatable bonds is 6. The maximum atomic E-state index is 14.5. The van der Waals surface area contributed by atoms with Crippen molar-refractivity contribution in [2.45, 2.75) is 44.7 Å². The van der Waals surface area contributed by atoms with Gasteiger partial charge in [0.05, 0.1) is 18.5 Å². The van der Waals surface area contributed by atoms with Crippen LogP contribution in [-0.4, -0.2) is 46.2 Å². The van der Waals surface area contributed by atoms with Crippen LogP contribution in [0.3, 0.4) is 0 Å². The van der Waals surface area contributed by atoms with E-state index in [0.717, 1.165) is 22.4 Å². The Morgan fingerprint density at radius 2 is 1.89 bits per heavy atom. The molecule has 1 unspecified atom stereocenters. The number of nitrogens with two attached hydrogens (primary N) is 1. The summed E-state index contributed by atoms with van der Waals surface area (Å²) in [6, 6.07) is 13.9. The Bertz CT molecular complexity index is 1370. The maximum Gasteiger partial charge on any atom is 0.341 e. The molecule has 182 valence electrons. The number of alkyl halides is 1. The Morgan fingerprint density at radius 1 is 1.14 bits per heavy atom. The van der Waals surface area contributed by atoms with Gasteiger partial charge in [-0.05, 0) is 44.1 Å². The summed E-state index contributed by atoms with van der Waals surface area (Å²) in [5.74, 6) is -0.793. The van der Waals surface area contributed by atoms with Gasteiger partial charge in [0, 0.05) is 40.4 Å². The van der Waals surface area contributed by atoms with Crippen molar-refractivity contribution < 1.29 is 13.9 Å². The Kier molecular flexibility index (Phi) is 6.72. The number of nitrogen functional groups attached to an aromatic ring is 1. The predicted octanol–water partition coefficient (Wildman–Crippen LogP) is 4.01. The monoisotopic (exact) mass is 483 g/mol. The standard InChI is InChI=1S/C27H27BFN5O2/c1-2-36-27(35)23(29)17-8-10-18(11-9-17)24-22(28)25(30)34-26(33-24)20(15-32-34)19-12-13-21(31-14-19)16-6-4-3-5-7-16/h3-7,12-15,17-18,23H,2,8-11,30H2,1H3. The zero-order valence-electron chi connectivity index (χ0n) is 20.1. The molecule has 1 aliphatic rings. The lowest BCUT2D eigenvalue weighted by Gasteiger charge is -2.30. The van der Waals surface area contributed by atoms with Crippen LogP contribution in [0.5, 0.6) is 0 Å². The minimum atomic E-state index is -1.60. The zero-order chi connectivity index (χ0) is 25.2. The van der Waals surface area contributed by atoms with Crippen molar-refractivity contribution in [1.29, 1.82) is 0 Å². The number of ether oxygens (including phenoxy) is 1. The number of carbonyl (C=O) groups excluding carboxylic acids is 1. The molecule has 5 rings (SSSR count). The predicted molar refractivity (Wildman–Crippen MR) is 138 cm³/mol. The second-order valence-electron chi connectivity index (χ2n) is 9.15. The van der Waals surface area contributed by atoms with E-state index in [1.807, 2.05) is 42.5 Å². The summed E-state index contributed by atoms with van der Waals surface area (Å²) >= 11 is 0. The highest BCUT2D eigenvalue weighted by Gasteiger charge is 2.34. The fraction of sp³-hybridized carbons (Fsp3) is 0.333. The highest BCUT2D eigenvalue weighted by Crippen LogP contribution is 2.38. The molecule has 4 aromatic rings. The summed E-state index contributed by atoms with van der Waals surface area (Å²) in [5, 5.41) is 4.41. The van der Waals surface area contributed by atoms with Crippen LogP contribution in [0, 0.1) is 5.92 Å². The fourth-order valence-corrected chi connectivity index (χ4v) is 4.99. The average Bonchev–Trinajstić information content (AvgIpc) is 3.35. The quantitative estimate of drug-likeness (QED) is 0.329. The van der Waals surface area contributed by atoms with Gasteiger partial charge in [0.2, 0.25) is 0 Å². The summed E-state index contributed by atoms with van der Waals surface area (Å²) in [5.41, 5.74) is 11.6. The van der Waals surface area contributed by atoms with Gasteiger partial charge in [-0.1, -0.05) is 36.4 Å². The summed E-state index contributed by atoms with van der Waals surface area (Å²) < 4.78 is 20.9. The van der Waals surface area contributed by atoms with Gasteiger partial charge in [-0.3, -0.25) is 4.98 Å². The molecule has 1 aromatic carbocycles. The molecule has 0 aliphatic heterocycles. The SMILES string of the molecule is [B]c1c(C2CCC(C(F)C(=O)OCC)CC2)nc2c(-c3ccc(-c4ccccc4)nc3)cnn2c1N.